The first-order valence-corrected chi connectivity index (χ1v) is 9.33. The summed E-state index contributed by atoms with van der Waals surface area (Å²) in [6.07, 6.45) is 1.70. The van der Waals surface area contributed by atoms with Crippen molar-refractivity contribution in [1.29, 1.82) is 0 Å². The Morgan fingerprint density at radius 1 is 1.17 bits per heavy atom. The molecule has 0 aromatic heterocycles. The molecule has 1 aliphatic rings. The Kier molecular flexibility index (Phi) is 4.31. The van der Waals surface area contributed by atoms with Crippen LogP contribution >= 0.6 is 0 Å². The Morgan fingerprint density at radius 3 is 2.74 bits per heavy atom. The molecule has 1 heterocycles. The molecule has 0 atom stereocenters. The van der Waals surface area contributed by atoms with Gasteiger partial charge >= 0.3 is 0 Å². The molecule has 0 amide bonds. The van der Waals surface area contributed by atoms with E-state index in [-0.39, 0.29) is 5.75 Å². The molecule has 2 aromatic rings. The Balaban J connectivity index is 1.93. The summed E-state index contributed by atoms with van der Waals surface area (Å²) in [5, 5.41) is 0. The van der Waals surface area contributed by atoms with E-state index in [0.717, 1.165) is 41.0 Å². The number of fused-ring (bicyclic) bond motifs is 1. The zero-order valence-corrected chi connectivity index (χ0v) is 14.3. The van der Waals surface area contributed by atoms with Gasteiger partial charge in [0.1, 0.15) is 5.75 Å². The van der Waals surface area contributed by atoms with Crippen LogP contribution in [0.3, 0.4) is 0 Å². The van der Waals surface area contributed by atoms with Gasteiger partial charge < -0.3 is 4.74 Å². The molecule has 0 bridgehead atoms. The van der Waals surface area contributed by atoms with Crippen LogP contribution in [0, 0.1) is 6.92 Å². The zero-order chi connectivity index (χ0) is 16.4. The van der Waals surface area contributed by atoms with Crippen molar-refractivity contribution < 1.29 is 13.2 Å². The van der Waals surface area contributed by atoms with Gasteiger partial charge in [-0.3, -0.25) is 4.31 Å². The highest BCUT2D eigenvalue weighted by Gasteiger charge is 2.27. The number of nitrogens with zero attached hydrogens (tertiary/aromatic N) is 1. The third-order valence-electron chi connectivity index (χ3n) is 4.13. The molecular formula is C18H21NO3S. The average Bonchev–Trinajstić information content (AvgIpc) is 2.53. The van der Waals surface area contributed by atoms with Crippen LogP contribution in [0.1, 0.15) is 23.1 Å². The molecule has 0 spiro atoms. The number of benzene rings is 2. The van der Waals surface area contributed by atoms with E-state index in [4.69, 9.17) is 4.74 Å². The van der Waals surface area contributed by atoms with Gasteiger partial charge in [-0.25, -0.2) is 8.42 Å². The normalized spacial score (nSPS) is 14.4. The van der Waals surface area contributed by atoms with Crippen LogP contribution in [0.15, 0.2) is 42.5 Å². The van der Waals surface area contributed by atoms with Crippen LogP contribution in [0.5, 0.6) is 5.75 Å². The minimum Gasteiger partial charge on any atom is -0.497 e. The lowest BCUT2D eigenvalue weighted by Gasteiger charge is -2.30. The maximum atomic E-state index is 12.9. The average molecular weight is 331 g/mol. The van der Waals surface area contributed by atoms with Crippen molar-refractivity contribution in [3.05, 3.63) is 59.2 Å². The highest BCUT2D eigenvalue weighted by atomic mass is 32.2. The van der Waals surface area contributed by atoms with E-state index in [9.17, 15) is 8.42 Å². The highest BCUT2D eigenvalue weighted by Crippen LogP contribution is 2.33. The second kappa shape index (κ2) is 6.24. The molecular weight excluding hydrogens is 310 g/mol. The molecule has 4 nitrogen and oxygen atoms in total. The number of methoxy groups -OCH3 is 1. The first-order chi connectivity index (χ1) is 11.0. The van der Waals surface area contributed by atoms with E-state index in [1.165, 1.54) is 0 Å². The van der Waals surface area contributed by atoms with Crippen molar-refractivity contribution in [2.24, 2.45) is 0 Å². The fourth-order valence-electron chi connectivity index (χ4n) is 3.05. The molecule has 0 aliphatic carbocycles. The van der Waals surface area contributed by atoms with Gasteiger partial charge in [-0.1, -0.05) is 29.8 Å². The summed E-state index contributed by atoms with van der Waals surface area (Å²) in [4.78, 5) is 0. The standard InChI is InChI=1S/C18H21NO3S/c1-14-5-3-6-15(11-14)13-23(20,21)19-10-4-7-16-12-17(22-2)8-9-18(16)19/h3,5-6,8-9,11-12H,4,7,10,13H2,1-2H3. The van der Waals surface area contributed by atoms with Gasteiger partial charge in [0.15, 0.2) is 0 Å². The fraction of sp³-hybridized carbons (Fsp3) is 0.333. The Morgan fingerprint density at radius 2 is 2.00 bits per heavy atom. The number of anilines is 1. The summed E-state index contributed by atoms with van der Waals surface area (Å²) >= 11 is 0. The van der Waals surface area contributed by atoms with Crippen LogP contribution in [0.2, 0.25) is 0 Å². The van der Waals surface area contributed by atoms with Crippen molar-refractivity contribution in [2.45, 2.75) is 25.5 Å². The third kappa shape index (κ3) is 3.34. The molecule has 0 N–H and O–H groups in total. The number of aryl methyl sites for hydroxylation is 2. The lowest BCUT2D eigenvalue weighted by molar-refractivity contribution is 0.414. The molecule has 0 fully saturated rings. The number of hydrogen-bond acceptors (Lipinski definition) is 3. The molecule has 5 heteroatoms. The molecule has 0 saturated heterocycles. The Labute approximate surface area is 137 Å². The summed E-state index contributed by atoms with van der Waals surface area (Å²) in [7, 11) is -1.77. The third-order valence-corrected chi connectivity index (χ3v) is 5.88. The molecule has 3 rings (SSSR count). The van der Waals surface area contributed by atoms with Gasteiger partial charge in [-0.05, 0) is 49.1 Å². The maximum absolute atomic E-state index is 12.9. The summed E-state index contributed by atoms with van der Waals surface area (Å²) in [6, 6.07) is 13.3. The highest BCUT2D eigenvalue weighted by molar-refractivity contribution is 7.92. The van der Waals surface area contributed by atoms with Gasteiger partial charge in [0.25, 0.3) is 0 Å². The summed E-state index contributed by atoms with van der Waals surface area (Å²) in [6.45, 7) is 2.51. The van der Waals surface area contributed by atoms with Gasteiger partial charge in [-0.15, -0.1) is 0 Å². The molecule has 0 unspecified atom stereocenters. The second-order valence-corrected chi connectivity index (χ2v) is 7.81. The molecule has 1 aliphatic heterocycles. The van der Waals surface area contributed by atoms with Crippen LogP contribution in [0.4, 0.5) is 5.69 Å². The number of sulfonamides is 1. The van der Waals surface area contributed by atoms with Crippen molar-refractivity contribution in [3.8, 4) is 5.75 Å². The Bertz CT molecular complexity index is 815. The number of ether oxygens (including phenoxy) is 1. The van der Waals surface area contributed by atoms with Crippen molar-refractivity contribution in [1.82, 2.24) is 0 Å². The topological polar surface area (TPSA) is 46.6 Å². The van der Waals surface area contributed by atoms with Gasteiger partial charge in [0.05, 0.1) is 18.6 Å². The number of rotatable bonds is 4. The van der Waals surface area contributed by atoms with E-state index in [2.05, 4.69) is 0 Å². The van der Waals surface area contributed by atoms with E-state index in [0.29, 0.717) is 6.54 Å². The Hall–Kier alpha value is -2.01. The first kappa shape index (κ1) is 15.9. The van der Waals surface area contributed by atoms with E-state index >= 15 is 0 Å². The van der Waals surface area contributed by atoms with Crippen molar-refractivity contribution in [2.75, 3.05) is 18.0 Å². The van der Waals surface area contributed by atoms with Crippen molar-refractivity contribution in [3.63, 3.8) is 0 Å². The molecule has 23 heavy (non-hydrogen) atoms. The summed E-state index contributed by atoms with van der Waals surface area (Å²) in [5.74, 6) is 0.793. The minimum absolute atomic E-state index is 0.0279. The summed E-state index contributed by atoms with van der Waals surface area (Å²) < 4.78 is 32.5. The SMILES string of the molecule is COc1ccc2c(c1)CCCN2S(=O)(=O)Cc1cccc(C)c1. The van der Waals surface area contributed by atoms with Crippen LogP contribution in [-0.2, 0) is 22.2 Å². The predicted octanol–water partition coefficient (Wildman–Crippen LogP) is 3.29. The predicted molar refractivity (Wildman–Crippen MR) is 92.5 cm³/mol. The van der Waals surface area contributed by atoms with Gasteiger partial charge in [-0.2, -0.15) is 0 Å². The van der Waals surface area contributed by atoms with E-state index in [1.54, 1.807) is 11.4 Å². The van der Waals surface area contributed by atoms with Gasteiger partial charge in [0, 0.05) is 6.54 Å². The number of hydrogen-bond donors (Lipinski definition) is 0. The summed E-state index contributed by atoms with van der Waals surface area (Å²) in [5.41, 5.74) is 3.71. The monoisotopic (exact) mass is 331 g/mol. The van der Waals surface area contributed by atoms with E-state index in [1.807, 2.05) is 49.4 Å². The van der Waals surface area contributed by atoms with Gasteiger partial charge in [0.2, 0.25) is 10.0 Å². The van der Waals surface area contributed by atoms with E-state index < -0.39 is 10.0 Å². The maximum Gasteiger partial charge on any atom is 0.239 e. The van der Waals surface area contributed by atoms with Crippen LogP contribution in [0.25, 0.3) is 0 Å². The van der Waals surface area contributed by atoms with Crippen LogP contribution < -0.4 is 9.04 Å². The largest absolute Gasteiger partial charge is 0.497 e. The fourth-order valence-corrected chi connectivity index (χ4v) is 4.69. The first-order valence-electron chi connectivity index (χ1n) is 7.72. The smallest absolute Gasteiger partial charge is 0.239 e. The second-order valence-electron chi connectivity index (χ2n) is 5.92. The molecule has 0 saturated carbocycles. The molecule has 2 aromatic carbocycles. The zero-order valence-electron chi connectivity index (χ0n) is 13.5. The van der Waals surface area contributed by atoms with Crippen LogP contribution in [-0.4, -0.2) is 22.1 Å². The quantitative estimate of drug-likeness (QED) is 0.864. The lowest BCUT2D eigenvalue weighted by Crippen LogP contribution is -2.36. The molecule has 122 valence electrons. The molecule has 0 radical (unpaired) electrons. The van der Waals surface area contributed by atoms with Crippen molar-refractivity contribution >= 4 is 15.7 Å². The lowest BCUT2D eigenvalue weighted by atomic mass is 10.0. The minimum atomic E-state index is -3.39.